The number of carbonyl (C=O) groups is 1. The quantitative estimate of drug-likeness (QED) is 0.592. The van der Waals surface area contributed by atoms with Gasteiger partial charge < -0.3 is 19.3 Å². The SMILES string of the molecule is COCCCc1cnc(-c2cnc3c(c2)ncn3C)c(N2CCC(C(=O)O)CC2)n1. The average Bonchev–Trinajstić information content (AvgIpc) is 3.14. The number of carboxylic acids is 1. The molecule has 1 aliphatic heterocycles. The second kappa shape index (κ2) is 8.74. The van der Waals surface area contributed by atoms with E-state index in [1.165, 1.54) is 0 Å². The lowest BCUT2D eigenvalue weighted by Crippen LogP contribution is -2.37. The molecule has 0 aliphatic carbocycles. The van der Waals surface area contributed by atoms with Crippen molar-refractivity contribution in [2.24, 2.45) is 13.0 Å². The van der Waals surface area contributed by atoms with Gasteiger partial charge in [0.1, 0.15) is 11.2 Å². The molecule has 158 valence electrons. The fraction of sp³-hybridized carbons (Fsp3) is 0.476. The van der Waals surface area contributed by atoms with Crippen molar-refractivity contribution in [2.75, 3.05) is 31.7 Å². The van der Waals surface area contributed by atoms with Gasteiger partial charge in [0.05, 0.1) is 17.9 Å². The summed E-state index contributed by atoms with van der Waals surface area (Å²) in [6.45, 7) is 1.95. The molecule has 0 radical (unpaired) electrons. The Hall–Kier alpha value is -3.07. The predicted molar refractivity (Wildman–Crippen MR) is 112 cm³/mol. The van der Waals surface area contributed by atoms with Gasteiger partial charge in [-0.25, -0.2) is 15.0 Å². The molecule has 1 aliphatic rings. The van der Waals surface area contributed by atoms with E-state index in [2.05, 4.69) is 14.9 Å². The Morgan fingerprint density at radius 3 is 2.77 bits per heavy atom. The first-order chi connectivity index (χ1) is 14.6. The highest BCUT2D eigenvalue weighted by atomic mass is 16.5. The average molecular weight is 410 g/mol. The summed E-state index contributed by atoms with van der Waals surface area (Å²) in [7, 11) is 3.60. The number of imidazole rings is 1. The van der Waals surface area contributed by atoms with Crippen LogP contribution < -0.4 is 4.90 Å². The van der Waals surface area contributed by atoms with E-state index in [0.717, 1.165) is 46.8 Å². The molecule has 0 aromatic carbocycles. The van der Waals surface area contributed by atoms with Crippen LogP contribution in [-0.4, -0.2) is 62.4 Å². The fourth-order valence-corrected chi connectivity index (χ4v) is 3.84. The molecule has 0 unspecified atom stereocenters. The fourth-order valence-electron chi connectivity index (χ4n) is 3.84. The lowest BCUT2D eigenvalue weighted by Gasteiger charge is -2.32. The van der Waals surface area contributed by atoms with Gasteiger partial charge in [-0.1, -0.05) is 0 Å². The molecule has 30 heavy (non-hydrogen) atoms. The lowest BCUT2D eigenvalue weighted by atomic mass is 9.97. The third kappa shape index (κ3) is 4.11. The number of pyridine rings is 1. The maximum atomic E-state index is 11.3. The summed E-state index contributed by atoms with van der Waals surface area (Å²) >= 11 is 0. The van der Waals surface area contributed by atoms with Crippen molar-refractivity contribution in [3.05, 3.63) is 30.5 Å². The second-order valence-corrected chi connectivity index (χ2v) is 7.65. The zero-order valence-electron chi connectivity index (χ0n) is 17.3. The second-order valence-electron chi connectivity index (χ2n) is 7.65. The number of aliphatic carboxylic acids is 1. The summed E-state index contributed by atoms with van der Waals surface area (Å²) in [4.78, 5) is 32.1. The van der Waals surface area contributed by atoms with E-state index in [1.807, 2.05) is 17.7 Å². The number of nitrogens with zero attached hydrogens (tertiary/aromatic N) is 6. The highest BCUT2D eigenvalue weighted by molar-refractivity contribution is 5.81. The molecule has 0 saturated carbocycles. The zero-order valence-corrected chi connectivity index (χ0v) is 17.3. The Bertz CT molecular complexity index is 1040. The minimum atomic E-state index is -0.723. The monoisotopic (exact) mass is 410 g/mol. The van der Waals surface area contributed by atoms with Gasteiger partial charge in [-0.15, -0.1) is 0 Å². The number of rotatable bonds is 7. The maximum Gasteiger partial charge on any atom is 0.306 e. The molecule has 1 fully saturated rings. The van der Waals surface area contributed by atoms with Gasteiger partial charge in [0.25, 0.3) is 0 Å². The van der Waals surface area contributed by atoms with Crippen molar-refractivity contribution in [3.8, 4) is 11.3 Å². The minimum Gasteiger partial charge on any atom is -0.481 e. The van der Waals surface area contributed by atoms with Gasteiger partial charge in [0.15, 0.2) is 11.5 Å². The summed E-state index contributed by atoms with van der Waals surface area (Å²) in [6, 6.07) is 1.98. The predicted octanol–water partition coefficient (Wildman–Crippen LogP) is 2.31. The Kier molecular flexibility index (Phi) is 5.89. The number of carboxylic acid groups (broad SMARTS) is 1. The topological polar surface area (TPSA) is 106 Å². The van der Waals surface area contributed by atoms with Crippen LogP contribution in [0.5, 0.6) is 0 Å². The van der Waals surface area contributed by atoms with Gasteiger partial charge in [0.2, 0.25) is 0 Å². The van der Waals surface area contributed by atoms with E-state index < -0.39 is 5.97 Å². The Labute approximate surface area is 174 Å². The Morgan fingerprint density at radius 2 is 2.03 bits per heavy atom. The summed E-state index contributed by atoms with van der Waals surface area (Å²) in [5, 5.41) is 9.32. The van der Waals surface area contributed by atoms with Gasteiger partial charge in [-0.3, -0.25) is 9.78 Å². The number of methoxy groups -OCH3 is 1. The van der Waals surface area contributed by atoms with Crippen LogP contribution in [0.25, 0.3) is 22.4 Å². The van der Waals surface area contributed by atoms with Crippen LogP contribution in [0, 0.1) is 5.92 Å². The van der Waals surface area contributed by atoms with Crippen molar-refractivity contribution in [1.29, 1.82) is 0 Å². The summed E-state index contributed by atoms with van der Waals surface area (Å²) in [5.41, 5.74) is 4.12. The third-order valence-electron chi connectivity index (χ3n) is 5.55. The van der Waals surface area contributed by atoms with Crippen LogP contribution in [0.3, 0.4) is 0 Å². The van der Waals surface area contributed by atoms with Gasteiger partial charge >= 0.3 is 5.97 Å². The third-order valence-corrected chi connectivity index (χ3v) is 5.55. The first-order valence-electron chi connectivity index (χ1n) is 10.2. The van der Waals surface area contributed by atoms with E-state index in [1.54, 1.807) is 25.8 Å². The molecule has 4 rings (SSSR count). The number of anilines is 1. The minimum absolute atomic E-state index is 0.297. The van der Waals surface area contributed by atoms with E-state index in [0.29, 0.717) is 32.5 Å². The van der Waals surface area contributed by atoms with E-state index >= 15 is 0 Å². The molecule has 0 atom stereocenters. The van der Waals surface area contributed by atoms with Crippen molar-refractivity contribution < 1.29 is 14.6 Å². The number of aryl methyl sites for hydroxylation is 2. The number of ether oxygens (including phenoxy) is 1. The van der Waals surface area contributed by atoms with Crippen LogP contribution in [0.4, 0.5) is 5.82 Å². The van der Waals surface area contributed by atoms with Gasteiger partial charge in [-0.2, -0.15) is 0 Å². The van der Waals surface area contributed by atoms with Gasteiger partial charge in [0, 0.05) is 51.8 Å². The zero-order chi connectivity index (χ0) is 21.1. The molecular formula is C21H26N6O3. The molecule has 9 heteroatoms. The van der Waals surface area contributed by atoms with E-state index in [4.69, 9.17) is 14.7 Å². The molecule has 4 heterocycles. The van der Waals surface area contributed by atoms with E-state index in [-0.39, 0.29) is 5.92 Å². The Balaban J connectivity index is 1.68. The van der Waals surface area contributed by atoms with Crippen LogP contribution >= 0.6 is 0 Å². The van der Waals surface area contributed by atoms with E-state index in [9.17, 15) is 9.90 Å². The number of aromatic nitrogens is 5. The standard InChI is InChI=1S/C21H26N6O3/c1-26-13-24-17-10-15(11-23-19(17)26)18-20(25-16(12-22-18)4-3-9-30-2)27-7-5-14(6-8-27)21(28)29/h10-14H,3-9H2,1-2H3,(H,28,29). The number of fused-ring (bicyclic) bond motifs is 1. The van der Waals surface area contributed by atoms with Crippen LogP contribution in [-0.2, 0) is 23.0 Å². The highest BCUT2D eigenvalue weighted by Crippen LogP contribution is 2.31. The molecule has 0 spiro atoms. The molecule has 3 aromatic rings. The molecule has 0 amide bonds. The molecule has 0 bridgehead atoms. The highest BCUT2D eigenvalue weighted by Gasteiger charge is 2.27. The molecular weight excluding hydrogens is 384 g/mol. The van der Waals surface area contributed by atoms with Crippen LogP contribution in [0.2, 0.25) is 0 Å². The van der Waals surface area contributed by atoms with Crippen molar-refractivity contribution in [3.63, 3.8) is 0 Å². The molecule has 1 saturated heterocycles. The summed E-state index contributed by atoms with van der Waals surface area (Å²) in [6.07, 6.45) is 8.18. The first kappa shape index (κ1) is 20.2. The first-order valence-corrected chi connectivity index (χ1v) is 10.2. The number of hydrogen-bond acceptors (Lipinski definition) is 7. The van der Waals surface area contributed by atoms with Crippen molar-refractivity contribution >= 4 is 23.0 Å². The lowest BCUT2D eigenvalue weighted by molar-refractivity contribution is -0.142. The maximum absolute atomic E-state index is 11.3. The molecule has 9 nitrogen and oxygen atoms in total. The summed E-state index contributed by atoms with van der Waals surface area (Å²) in [5.74, 6) is -0.237. The van der Waals surface area contributed by atoms with Crippen LogP contribution in [0.15, 0.2) is 24.8 Å². The normalized spacial score (nSPS) is 15.1. The smallest absolute Gasteiger partial charge is 0.306 e. The Morgan fingerprint density at radius 1 is 1.23 bits per heavy atom. The molecule has 1 N–H and O–H groups in total. The van der Waals surface area contributed by atoms with Crippen LogP contribution in [0.1, 0.15) is 25.0 Å². The van der Waals surface area contributed by atoms with Gasteiger partial charge in [-0.05, 0) is 31.7 Å². The van der Waals surface area contributed by atoms with Crippen molar-refractivity contribution in [2.45, 2.75) is 25.7 Å². The summed E-state index contributed by atoms with van der Waals surface area (Å²) < 4.78 is 7.03. The number of piperidine rings is 1. The molecule has 3 aromatic heterocycles. The number of hydrogen-bond donors (Lipinski definition) is 1. The largest absolute Gasteiger partial charge is 0.481 e. The van der Waals surface area contributed by atoms with Crippen molar-refractivity contribution in [1.82, 2.24) is 24.5 Å².